The summed E-state index contributed by atoms with van der Waals surface area (Å²) in [6.45, 7) is 1.71. The van der Waals surface area contributed by atoms with Crippen LogP contribution in [-0.2, 0) is 0 Å². The van der Waals surface area contributed by atoms with E-state index in [0.717, 1.165) is 68.5 Å². The van der Waals surface area contributed by atoms with E-state index in [2.05, 4.69) is 27.3 Å². The Hall–Kier alpha value is -2.93. The van der Waals surface area contributed by atoms with E-state index in [1.54, 1.807) is 10.8 Å². The fourth-order valence-corrected chi connectivity index (χ4v) is 5.17. The molecule has 1 saturated carbocycles. The molecule has 33 heavy (non-hydrogen) atoms. The second-order valence-electron chi connectivity index (χ2n) is 9.33. The van der Waals surface area contributed by atoms with Gasteiger partial charge in [-0.15, -0.1) is 0 Å². The van der Waals surface area contributed by atoms with Crippen molar-refractivity contribution >= 4 is 28.1 Å². The molecular formula is C26H31FN4O2. The molecule has 0 unspecified atom stereocenters. The van der Waals surface area contributed by atoms with E-state index in [-0.39, 0.29) is 12.1 Å². The highest BCUT2D eigenvalue weighted by molar-refractivity contribution is 5.81. The van der Waals surface area contributed by atoms with Gasteiger partial charge in [0.25, 0.3) is 5.56 Å². The maximum absolute atomic E-state index is 14.4. The number of anilines is 3. The number of aliphatic hydroxyl groups is 1. The average molecular weight is 451 g/mol. The second kappa shape index (κ2) is 9.51. The number of rotatable bonds is 4. The number of piperidine rings is 1. The molecule has 3 heterocycles. The molecule has 2 aromatic heterocycles. The molecule has 0 spiro atoms. The smallest absolute Gasteiger partial charge is 0.287 e. The standard InChI is InChI=1S/C26H31FN4O2/c27-23-15-18-17-28-25(16-24(18)31(26(23)33)21-5-3-1-2-4-6-21)29-19-7-9-20(10-8-19)30-13-11-22(32)12-14-30/h7-10,15-17,21-22,32H,1-6,11-14H2,(H,28,29). The minimum absolute atomic E-state index is 0.0239. The van der Waals surface area contributed by atoms with E-state index in [0.29, 0.717) is 11.2 Å². The highest BCUT2D eigenvalue weighted by Gasteiger charge is 2.20. The van der Waals surface area contributed by atoms with E-state index in [4.69, 9.17) is 0 Å². The zero-order valence-corrected chi connectivity index (χ0v) is 18.8. The Balaban J connectivity index is 1.41. The van der Waals surface area contributed by atoms with Crippen molar-refractivity contribution in [3.63, 3.8) is 0 Å². The van der Waals surface area contributed by atoms with E-state index < -0.39 is 11.4 Å². The van der Waals surface area contributed by atoms with Crippen LogP contribution in [0.3, 0.4) is 0 Å². The van der Waals surface area contributed by atoms with Gasteiger partial charge < -0.3 is 19.9 Å². The molecule has 0 amide bonds. The number of nitrogens with one attached hydrogen (secondary N) is 1. The Morgan fingerprint density at radius 1 is 0.970 bits per heavy atom. The van der Waals surface area contributed by atoms with Crippen LogP contribution in [0.15, 0.2) is 47.4 Å². The van der Waals surface area contributed by atoms with Crippen LogP contribution in [0.25, 0.3) is 10.9 Å². The summed E-state index contributed by atoms with van der Waals surface area (Å²) in [5, 5.41) is 13.7. The van der Waals surface area contributed by atoms with Gasteiger partial charge in [-0.05, 0) is 56.0 Å². The van der Waals surface area contributed by atoms with Gasteiger partial charge in [-0.3, -0.25) is 4.79 Å². The SMILES string of the molecule is O=c1c(F)cc2cnc(Nc3ccc(N4CCC(O)CC4)cc3)cc2n1C1CCCCCC1. The predicted octanol–water partition coefficient (Wildman–Crippen LogP) is 5.14. The lowest BCUT2D eigenvalue weighted by molar-refractivity contribution is 0.145. The van der Waals surface area contributed by atoms with Gasteiger partial charge in [0.2, 0.25) is 0 Å². The summed E-state index contributed by atoms with van der Waals surface area (Å²) in [6, 6.07) is 11.3. The Labute approximate surface area is 193 Å². The normalized spacial score (nSPS) is 18.4. The van der Waals surface area contributed by atoms with Gasteiger partial charge in [0.1, 0.15) is 5.82 Å². The third-order valence-corrected chi connectivity index (χ3v) is 7.04. The number of hydrogen-bond donors (Lipinski definition) is 2. The first-order valence-electron chi connectivity index (χ1n) is 12.1. The largest absolute Gasteiger partial charge is 0.393 e. The summed E-state index contributed by atoms with van der Waals surface area (Å²) >= 11 is 0. The van der Waals surface area contributed by atoms with E-state index >= 15 is 0 Å². The van der Waals surface area contributed by atoms with Crippen molar-refractivity contribution in [1.82, 2.24) is 9.55 Å². The number of hydrogen-bond acceptors (Lipinski definition) is 5. The Morgan fingerprint density at radius 2 is 1.67 bits per heavy atom. The molecule has 3 aromatic rings. The zero-order chi connectivity index (χ0) is 22.8. The van der Waals surface area contributed by atoms with Crippen LogP contribution in [0.2, 0.25) is 0 Å². The van der Waals surface area contributed by atoms with Crippen molar-refractivity contribution < 1.29 is 9.50 Å². The highest BCUT2D eigenvalue weighted by Crippen LogP contribution is 2.30. The summed E-state index contributed by atoms with van der Waals surface area (Å²) in [5.74, 6) is -0.0835. The molecule has 1 aliphatic carbocycles. The number of benzene rings is 1. The van der Waals surface area contributed by atoms with Gasteiger partial charge in [-0.25, -0.2) is 9.37 Å². The van der Waals surface area contributed by atoms with E-state index in [9.17, 15) is 14.3 Å². The number of nitrogens with zero attached hydrogens (tertiary/aromatic N) is 3. The number of aliphatic hydroxyl groups excluding tert-OH is 1. The zero-order valence-electron chi connectivity index (χ0n) is 18.8. The summed E-state index contributed by atoms with van der Waals surface area (Å²) in [7, 11) is 0. The molecule has 2 N–H and O–H groups in total. The maximum atomic E-state index is 14.4. The van der Waals surface area contributed by atoms with Crippen LogP contribution in [0.1, 0.15) is 57.4 Å². The Morgan fingerprint density at radius 3 is 2.36 bits per heavy atom. The molecule has 5 rings (SSSR count). The molecule has 0 radical (unpaired) electrons. The van der Waals surface area contributed by atoms with Crippen LogP contribution in [-0.4, -0.2) is 33.9 Å². The van der Waals surface area contributed by atoms with Crippen molar-refractivity contribution in [3.05, 3.63) is 58.8 Å². The summed E-state index contributed by atoms with van der Waals surface area (Å²) in [4.78, 5) is 19.5. The lowest BCUT2D eigenvalue weighted by atomic mass is 10.1. The van der Waals surface area contributed by atoms with Crippen LogP contribution in [0.4, 0.5) is 21.6 Å². The molecule has 0 atom stereocenters. The van der Waals surface area contributed by atoms with Crippen LogP contribution in [0, 0.1) is 5.82 Å². The van der Waals surface area contributed by atoms with Gasteiger partial charge in [0.05, 0.1) is 11.6 Å². The topological polar surface area (TPSA) is 70.4 Å². The number of aromatic nitrogens is 2. The molecular weight excluding hydrogens is 419 g/mol. The van der Waals surface area contributed by atoms with Crippen LogP contribution < -0.4 is 15.8 Å². The molecule has 2 fully saturated rings. The Kier molecular flexibility index (Phi) is 6.31. The summed E-state index contributed by atoms with van der Waals surface area (Å²) in [5.41, 5.74) is 2.22. The quantitative estimate of drug-likeness (QED) is 0.539. The maximum Gasteiger partial charge on any atom is 0.287 e. The number of halogens is 1. The third kappa shape index (κ3) is 4.74. The average Bonchev–Trinajstić information content (AvgIpc) is 3.11. The van der Waals surface area contributed by atoms with Crippen LogP contribution in [0.5, 0.6) is 0 Å². The minimum atomic E-state index is -0.713. The van der Waals surface area contributed by atoms with Gasteiger partial charge in [-0.2, -0.15) is 0 Å². The molecule has 1 aromatic carbocycles. The highest BCUT2D eigenvalue weighted by atomic mass is 19.1. The first kappa shape index (κ1) is 21.9. The summed E-state index contributed by atoms with van der Waals surface area (Å²) in [6.07, 6.45) is 9.31. The van der Waals surface area contributed by atoms with E-state index in [1.165, 1.54) is 18.9 Å². The van der Waals surface area contributed by atoms with Gasteiger partial charge in [-0.1, -0.05) is 25.7 Å². The first-order valence-corrected chi connectivity index (χ1v) is 12.1. The molecule has 174 valence electrons. The van der Waals surface area contributed by atoms with Crippen molar-refractivity contribution in [3.8, 4) is 0 Å². The lowest BCUT2D eigenvalue weighted by Crippen LogP contribution is -2.35. The van der Waals surface area contributed by atoms with Crippen molar-refractivity contribution in [1.29, 1.82) is 0 Å². The van der Waals surface area contributed by atoms with Crippen LogP contribution >= 0.6 is 0 Å². The molecule has 7 heteroatoms. The minimum Gasteiger partial charge on any atom is -0.393 e. The fourth-order valence-electron chi connectivity index (χ4n) is 5.17. The molecule has 6 nitrogen and oxygen atoms in total. The fraction of sp³-hybridized carbons (Fsp3) is 0.462. The molecule has 1 saturated heterocycles. The third-order valence-electron chi connectivity index (χ3n) is 7.04. The lowest BCUT2D eigenvalue weighted by Gasteiger charge is -2.31. The number of pyridine rings is 2. The van der Waals surface area contributed by atoms with Gasteiger partial charge >= 0.3 is 0 Å². The Bertz CT molecular complexity index is 1160. The molecule has 0 bridgehead atoms. The van der Waals surface area contributed by atoms with Crippen molar-refractivity contribution in [2.24, 2.45) is 0 Å². The van der Waals surface area contributed by atoms with Gasteiger partial charge in [0, 0.05) is 48.2 Å². The summed E-state index contributed by atoms with van der Waals surface area (Å²) < 4.78 is 16.1. The predicted molar refractivity (Wildman–Crippen MR) is 130 cm³/mol. The van der Waals surface area contributed by atoms with Gasteiger partial charge in [0.15, 0.2) is 5.82 Å². The molecule has 2 aliphatic rings. The first-order chi connectivity index (χ1) is 16.1. The monoisotopic (exact) mass is 450 g/mol. The van der Waals surface area contributed by atoms with Crippen molar-refractivity contribution in [2.45, 2.75) is 63.5 Å². The second-order valence-corrected chi connectivity index (χ2v) is 9.33. The molecule has 1 aliphatic heterocycles. The van der Waals surface area contributed by atoms with Crippen molar-refractivity contribution in [2.75, 3.05) is 23.3 Å². The van der Waals surface area contributed by atoms with E-state index in [1.807, 2.05) is 18.2 Å². The number of fused-ring (bicyclic) bond motifs is 1.